The van der Waals surface area contributed by atoms with Crippen LogP contribution in [0.15, 0.2) is 72.8 Å². The van der Waals surface area contributed by atoms with Crippen LogP contribution in [0.4, 0.5) is 0 Å². The van der Waals surface area contributed by atoms with Gasteiger partial charge in [-0.3, -0.25) is 0 Å². The fourth-order valence-electron chi connectivity index (χ4n) is 4.46. The summed E-state index contributed by atoms with van der Waals surface area (Å²) in [5.74, 6) is 0.588. The predicted octanol–water partition coefficient (Wildman–Crippen LogP) is 8.94. The van der Waals surface area contributed by atoms with E-state index < -0.39 is 17.4 Å². The molecule has 3 rings (SSSR count). The first kappa shape index (κ1) is 31.4. The Labute approximate surface area is 244 Å². The van der Waals surface area contributed by atoms with Crippen molar-refractivity contribution in [1.82, 2.24) is 0 Å². The maximum Gasteiger partial charge on any atom is 0.343 e. The Bertz CT molecular complexity index is 1280. The van der Waals surface area contributed by atoms with Gasteiger partial charge in [-0.25, -0.2) is 9.59 Å². The second-order valence-electron chi connectivity index (χ2n) is 10.5. The largest absolute Gasteiger partial charge is 0.494 e. The number of nitriles is 1. The van der Waals surface area contributed by atoms with Crippen LogP contribution in [-0.4, -0.2) is 18.5 Å². The zero-order chi connectivity index (χ0) is 29.5. The van der Waals surface area contributed by atoms with E-state index >= 15 is 0 Å². The SMILES string of the molecule is CCCCCCCCCOc1ccc(C(=O)Oc2ccc(-c3ccc(OC(=O)C(C)(C#N)CCC)cc3)cc2)cc1. The summed E-state index contributed by atoms with van der Waals surface area (Å²) in [7, 11) is 0. The summed E-state index contributed by atoms with van der Waals surface area (Å²) >= 11 is 0. The lowest BCUT2D eigenvalue weighted by Gasteiger charge is -2.18. The van der Waals surface area contributed by atoms with Crippen LogP contribution in [0.25, 0.3) is 11.1 Å². The Kier molecular flexibility index (Phi) is 12.4. The minimum absolute atomic E-state index is 0.385. The van der Waals surface area contributed by atoms with Gasteiger partial charge in [-0.1, -0.05) is 83.1 Å². The molecule has 0 radical (unpaired) electrons. The normalized spacial score (nSPS) is 12.1. The number of carbonyl (C=O) groups excluding carboxylic acids is 2. The molecule has 0 saturated heterocycles. The molecule has 0 N–H and O–H groups in total. The van der Waals surface area contributed by atoms with E-state index in [-0.39, 0.29) is 0 Å². The van der Waals surface area contributed by atoms with Crippen LogP contribution in [0.5, 0.6) is 17.2 Å². The van der Waals surface area contributed by atoms with Gasteiger partial charge in [-0.2, -0.15) is 5.26 Å². The van der Waals surface area contributed by atoms with Gasteiger partial charge in [0.15, 0.2) is 5.41 Å². The molecule has 0 aromatic heterocycles. The molecule has 6 nitrogen and oxygen atoms in total. The Balaban J connectivity index is 1.47. The van der Waals surface area contributed by atoms with E-state index in [4.69, 9.17) is 14.2 Å². The van der Waals surface area contributed by atoms with E-state index in [1.807, 2.05) is 31.2 Å². The Morgan fingerprint density at radius 2 is 1.20 bits per heavy atom. The third-order valence-electron chi connectivity index (χ3n) is 7.02. The number of ether oxygens (including phenoxy) is 3. The fraction of sp³-hybridized carbons (Fsp3) is 0.400. The van der Waals surface area contributed by atoms with Crippen LogP contribution in [0, 0.1) is 16.7 Å². The first-order valence-electron chi connectivity index (χ1n) is 14.7. The van der Waals surface area contributed by atoms with Gasteiger partial charge in [0.1, 0.15) is 17.2 Å². The van der Waals surface area contributed by atoms with Crippen molar-refractivity contribution in [3.63, 3.8) is 0 Å². The summed E-state index contributed by atoms with van der Waals surface area (Å²) in [4.78, 5) is 25.1. The van der Waals surface area contributed by atoms with E-state index in [0.717, 1.165) is 23.3 Å². The molecule has 0 saturated carbocycles. The van der Waals surface area contributed by atoms with Crippen molar-refractivity contribution in [1.29, 1.82) is 5.26 Å². The monoisotopic (exact) mass is 555 g/mol. The standard InChI is InChI=1S/C35H41NO5/c1-4-6-7-8-9-10-11-25-39-30-18-16-29(17-19-30)33(37)40-31-20-12-27(13-21-31)28-14-22-32(23-15-28)41-34(38)35(3,26-36)24-5-2/h12-23H,4-11,24-25H2,1-3H3. The van der Waals surface area contributed by atoms with Crippen molar-refractivity contribution in [2.24, 2.45) is 5.41 Å². The van der Waals surface area contributed by atoms with Crippen LogP contribution < -0.4 is 14.2 Å². The molecule has 3 aromatic rings. The van der Waals surface area contributed by atoms with Crippen LogP contribution in [0.1, 0.15) is 88.9 Å². The summed E-state index contributed by atoms with van der Waals surface area (Å²) in [5.41, 5.74) is 1.11. The van der Waals surface area contributed by atoms with E-state index in [1.165, 1.54) is 38.5 Å². The van der Waals surface area contributed by atoms with Crippen molar-refractivity contribution in [3.8, 4) is 34.4 Å². The number of carbonyl (C=O) groups is 2. The molecule has 1 atom stereocenters. The lowest BCUT2D eigenvalue weighted by molar-refractivity contribution is -0.142. The summed E-state index contributed by atoms with van der Waals surface area (Å²) in [6.45, 7) is 6.43. The van der Waals surface area contributed by atoms with E-state index in [1.54, 1.807) is 55.5 Å². The second kappa shape index (κ2) is 16.2. The first-order chi connectivity index (χ1) is 19.9. The van der Waals surface area contributed by atoms with Gasteiger partial charge >= 0.3 is 11.9 Å². The summed E-state index contributed by atoms with van der Waals surface area (Å²) in [6, 6.07) is 23.4. The Morgan fingerprint density at radius 1 is 0.683 bits per heavy atom. The Hall–Kier alpha value is -4.11. The third-order valence-corrected chi connectivity index (χ3v) is 7.02. The highest BCUT2D eigenvalue weighted by molar-refractivity contribution is 5.91. The van der Waals surface area contributed by atoms with Gasteiger partial charge in [0, 0.05) is 0 Å². The summed E-state index contributed by atoms with van der Waals surface area (Å²) in [6.07, 6.45) is 9.81. The number of benzene rings is 3. The third kappa shape index (κ3) is 9.79. The van der Waals surface area contributed by atoms with Gasteiger partial charge < -0.3 is 14.2 Å². The lowest BCUT2D eigenvalue weighted by atomic mass is 9.87. The Morgan fingerprint density at radius 3 is 1.73 bits per heavy atom. The number of hydrogen-bond acceptors (Lipinski definition) is 6. The average molecular weight is 556 g/mol. The first-order valence-corrected chi connectivity index (χ1v) is 14.7. The molecule has 216 valence electrons. The quantitative estimate of drug-likeness (QED) is 0.0996. The molecule has 0 aliphatic rings. The van der Waals surface area contributed by atoms with E-state index in [9.17, 15) is 14.9 Å². The van der Waals surface area contributed by atoms with Crippen molar-refractivity contribution in [3.05, 3.63) is 78.4 Å². The maximum atomic E-state index is 12.6. The van der Waals surface area contributed by atoms with E-state index in [0.29, 0.717) is 36.5 Å². The maximum absolute atomic E-state index is 12.6. The number of nitrogens with zero attached hydrogens (tertiary/aromatic N) is 1. The molecule has 0 heterocycles. The smallest absolute Gasteiger partial charge is 0.343 e. The highest BCUT2D eigenvalue weighted by Gasteiger charge is 2.34. The molecule has 3 aromatic carbocycles. The molecular weight excluding hydrogens is 514 g/mol. The molecule has 6 heteroatoms. The fourth-order valence-corrected chi connectivity index (χ4v) is 4.46. The van der Waals surface area contributed by atoms with Crippen LogP contribution >= 0.6 is 0 Å². The van der Waals surface area contributed by atoms with Crippen LogP contribution in [0.3, 0.4) is 0 Å². The zero-order valence-corrected chi connectivity index (χ0v) is 24.5. The number of unbranched alkanes of at least 4 members (excludes halogenated alkanes) is 6. The summed E-state index contributed by atoms with van der Waals surface area (Å²) in [5, 5.41) is 9.39. The van der Waals surface area contributed by atoms with Crippen molar-refractivity contribution in [2.45, 2.75) is 78.6 Å². The van der Waals surface area contributed by atoms with Crippen LogP contribution in [-0.2, 0) is 4.79 Å². The molecule has 0 aliphatic heterocycles. The number of hydrogen-bond donors (Lipinski definition) is 0. The minimum atomic E-state index is -1.16. The molecule has 0 amide bonds. The van der Waals surface area contributed by atoms with E-state index in [2.05, 4.69) is 13.0 Å². The van der Waals surface area contributed by atoms with Gasteiger partial charge in [-0.05, 0) is 79.4 Å². The molecule has 1 unspecified atom stereocenters. The highest BCUT2D eigenvalue weighted by atomic mass is 16.5. The molecule has 0 aliphatic carbocycles. The zero-order valence-electron chi connectivity index (χ0n) is 24.5. The molecule has 0 fully saturated rings. The van der Waals surface area contributed by atoms with Gasteiger partial charge in [-0.15, -0.1) is 0 Å². The van der Waals surface area contributed by atoms with Gasteiger partial charge in [0.2, 0.25) is 0 Å². The van der Waals surface area contributed by atoms with Crippen molar-refractivity contribution < 1.29 is 23.8 Å². The summed E-state index contributed by atoms with van der Waals surface area (Å²) < 4.78 is 16.8. The topological polar surface area (TPSA) is 85.6 Å². The molecule has 0 bridgehead atoms. The number of esters is 2. The van der Waals surface area contributed by atoms with Crippen molar-refractivity contribution >= 4 is 11.9 Å². The lowest BCUT2D eigenvalue weighted by Crippen LogP contribution is -2.30. The predicted molar refractivity (Wildman–Crippen MR) is 161 cm³/mol. The molecular formula is C35H41NO5. The highest BCUT2D eigenvalue weighted by Crippen LogP contribution is 2.28. The van der Waals surface area contributed by atoms with Gasteiger partial charge in [0.05, 0.1) is 18.2 Å². The van der Waals surface area contributed by atoms with Crippen LogP contribution in [0.2, 0.25) is 0 Å². The second-order valence-corrected chi connectivity index (χ2v) is 10.5. The van der Waals surface area contributed by atoms with Crippen molar-refractivity contribution in [2.75, 3.05) is 6.61 Å². The number of rotatable bonds is 16. The average Bonchev–Trinajstić information content (AvgIpc) is 2.99. The van der Waals surface area contributed by atoms with Gasteiger partial charge in [0.25, 0.3) is 0 Å². The minimum Gasteiger partial charge on any atom is -0.494 e. The molecule has 41 heavy (non-hydrogen) atoms. The molecule has 0 spiro atoms.